The second kappa shape index (κ2) is 7.28. The maximum atomic E-state index is 12.2. The van der Waals surface area contributed by atoms with Gasteiger partial charge in [-0.25, -0.2) is 0 Å². The lowest BCUT2D eigenvalue weighted by molar-refractivity contribution is -0.173. The van der Waals surface area contributed by atoms with E-state index in [0.29, 0.717) is 10.9 Å². The van der Waals surface area contributed by atoms with E-state index in [2.05, 4.69) is 15.0 Å². The Bertz CT molecular complexity index is 741. The van der Waals surface area contributed by atoms with Gasteiger partial charge in [0.2, 0.25) is 5.43 Å². The molecule has 2 aromatic rings. The Balaban J connectivity index is 1.87. The molecule has 1 amide bonds. The summed E-state index contributed by atoms with van der Waals surface area (Å²) in [7, 11) is 0. The molecule has 1 aromatic heterocycles. The third-order valence-corrected chi connectivity index (χ3v) is 3.05. The van der Waals surface area contributed by atoms with Gasteiger partial charge in [0.25, 0.3) is 5.91 Å². The molecule has 2 N–H and O–H groups in total. The number of pyridine rings is 1. The Hall–Kier alpha value is -2.35. The summed E-state index contributed by atoms with van der Waals surface area (Å²) in [6.45, 7) is -1.33. The van der Waals surface area contributed by atoms with Crippen molar-refractivity contribution in [1.82, 2.24) is 10.3 Å². The Morgan fingerprint density at radius 2 is 2.00 bits per heavy atom. The highest BCUT2D eigenvalue weighted by Gasteiger charge is 2.27. The Morgan fingerprint density at radius 3 is 2.74 bits per heavy atom. The molecule has 23 heavy (non-hydrogen) atoms. The first kappa shape index (κ1) is 17.0. The van der Waals surface area contributed by atoms with Crippen LogP contribution in [0.4, 0.5) is 13.2 Å². The van der Waals surface area contributed by atoms with Gasteiger partial charge in [-0.1, -0.05) is 12.1 Å². The first-order valence-electron chi connectivity index (χ1n) is 6.91. The Morgan fingerprint density at radius 1 is 1.26 bits per heavy atom. The van der Waals surface area contributed by atoms with Gasteiger partial charge in [0.15, 0.2) is 0 Å². The first-order chi connectivity index (χ1) is 10.9. The number of alkyl halides is 3. The molecule has 0 aliphatic rings. The normalized spacial score (nSPS) is 11.6. The number of halogens is 3. The van der Waals surface area contributed by atoms with E-state index in [0.717, 1.165) is 0 Å². The third-order valence-electron chi connectivity index (χ3n) is 3.05. The molecule has 1 heterocycles. The number of nitrogens with one attached hydrogen (secondary N) is 2. The SMILES string of the molecule is O=C(NCCCOCC(F)(F)F)c1c[nH]c2ccccc2c1=O. The maximum Gasteiger partial charge on any atom is 0.411 e. The molecule has 0 saturated carbocycles. The number of para-hydroxylation sites is 1. The van der Waals surface area contributed by atoms with Crippen LogP contribution in [-0.2, 0) is 4.74 Å². The molecule has 0 saturated heterocycles. The molecular formula is C15H15F3N2O3. The van der Waals surface area contributed by atoms with Crippen LogP contribution in [0.5, 0.6) is 0 Å². The number of hydrogen-bond acceptors (Lipinski definition) is 3. The van der Waals surface area contributed by atoms with E-state index in [1.165, 1.54) is 6.20 Å². The van der Waals surface area contributed by atoms with Crippen molar-refractivity contribution >= 4 is 16.8 Å². The lowest BCUT2D eigenvalue weighted by Gasteiger charge is -2.08. The number of aromatic nitrogens is 1. The Kier molecular flexibility index (Phi) is 5.38. The highest BCUT2D eigenvalue weighted by atomic mass is 19.4. The monoisotopic (exact) mass is 328 g/mol. The number of hydrogen-bond donors (Lipinski definition) is 2. The number of carbonyl (C=O) groups excluding carboxylic acids is 1. The van der Waals surface area contributed by atoms with Crippen LogP contribution in [-0.4, -0.2) is 36.8 Å². The van der Waals surface area contributed by atoms with E-state index >= 15 is 0 Å². The molecule has 1 aromatic carbocycles. The van der Waals surface area contributed by atoms with Gasteiger partial charge in [0.05, 0.1) is 0 Å². The molecule has 0 aliphatic heterocycles. The molecular weight excluding hydrogens is 313 g/mol. The Labute approximate surface area is 129 Å². The zero-order chi connectivity index (χ0) is 16.9. The summed E-state index contributed by atoms with van der Waals surface area (Å²) in [5.41, 5.74) is 0.180. The molecule has 5 nitrogen and oxygen atoms in total. The predicted octanol–water partition coefficient (Wildman–Crippen LogP) is 2.23. The largest absolute Gasteiger partial charge is 0.411 e. The van der Waals surface area contributed by atoms with Gasteiger partial charge in [-0.2, -0.15) is 13.2 Å². The van der Waals surface area contributed by atoms with Crippen molar-refractivity contribution in [2.45, 2.75) is 12.6 Å². The van der Waals surface area contributed by atoms with Crippen molar-refractivity contribution in [2.24, 2.45) is 0 Å². The number of benzene rings is 1. The smallest absolute Gasteiger partial charge is 0.372 e. The highest BCUT2D eigenvalue weighted by Crippen LogP contribution is 2.14. The molecule has 0 bridgehead atoms. The molecule has 8 heteroatoms. The van der Waals surface area contributed by atoms with Crippen molar-refractivity contribution in [3.8, 4) is 0 Å². The van der Waals surface area contributed by atoms with E-state index in [-0.39, 0.29) is 25.1 Å². The minimum atomic E-state index is -4.36. The zero-order valence-corrected chi connectivity index (χ0v) is 12.1. The van der Waals surface area contributed by atoms with Crippen LogP contribution >= 0.6 is 0 Å². The van der Waals surface area contributed by atoms with Crippen LogP contribution in [0.2, 0.25) is 0 Å². The number of ether oxygens (including phenoxy) is 1. The van der Waals surface area contributed by atoms with E-state index in [1.807, 2.05) is 0 Å². The fourth-order valence-corrected chi connectivity index (χ4v) is 2.00. The van der Waals surface area contributed by atoms with Gasteiger partial charge in [-0.3, -0.25) is 9.59 Å². The van der Waals surface area contributed by atoms with Gasteiger partial charge < -0.3 is 15.0 Å². The number of amides is 1. The van der Waals surface area contributed by atoms with Gasteiger partial charge in [0, 0.05) is 30.3 Å². The van der Waals surface area contributed by atoms with E-state index in [4.69, 9.17) is 0 Å². The highest BCUT2D eigenvalue weighted by molar-refractivity contribution is 5.97. The first-order valence-corrected chi connectivity index (χ1v) is 6.91. The summed E-state index contributed by atoms with van der Waals surface area (Å²) in [5.74, 6) is -0.576. The summed E-state index contributed by atoms with van der Waals surface area (Å²) in [6.07, 6.45) is -2.82. The summed E-state index contributed by atoms with van der Waals surface area (Å²) in [5, 5.41) is 2.88. The molecule has 124 valence electrons. The second-order valence-corrected chi connectivity index (χ2v) is 4.85. The number of H-pyrrole nitrogens is 1. The predicted molar refractivity (Wildman–Crippen MR) is 78.4 cm³/mol. The van der Waals surface area contributed by atoms with Crippen molar-refractivity contribution < 1.29 is 22.7 Å². The number of fused-ring (bicyclic) bond motifs is 1. The maximum absolute atomic E-state index is 12.2. The quantitative estimate of drug-likeness (QED) is 0.799. The molecule has 0 fully saturated rings. The third kappa shape index (κ3) is 4.82. The van der Waals surface area contributed by atoms with Crippen LogP contribution in [0.1, 0.15) is 16.8 Å². The molecule has 0 spiro atoms. The van der Waals surface area contributed by atoms with Gasteiger partial charge in [-0.15, -0.1) is 0 Å². The van der Waals surface area contributed by atoms with Crippen molar-refractivity contribution in [1.29, 1.82) is 0 Å². The average Bonchev–Trinajstić information content (AvgIpc) is 2.50. The molecule has 2 rings (SSSR count). The fraction of sp³-hybridized carbons (Fsp3) is 0.333. The number of carbonyl (C=O) groups is 1. The van der Waals surface area contributed by atoms with Gasteiger partial charge in [0.1, 0.15) is 12.2 Å². The summed E-state index contributed by atoms with van der Waals surface area (Å²) < 4.78 is 40.0. The summed E-state index contributed by atoms with van der Waals surface area (Å²) >= 11 is 0. The van der Waals surface area contributed by atoms with Crippen LogP contribution < -0.4 is 10.7 Å². The van der Waals surface area contributed by atoms with Crippen molar-refractivity contribution in [3.63, 3.8) is 0 Å². The minimum Gasteiger partial charge on any atom is -0.372 e. The summed E-state index contributed by atoms with van der Waals surface area (Å²) in [6, 6.07) is 6.78. The fourth-order valence-electron chi connectivity index (χ4n) is 2.00. The van der Waals surface area contributed by atoms with Gasteiger partial charge in [-0.05, 0) is 18.6 Å². The molecule has 0 unspecified atom stereocenters. The average molecular weight is 328 g/mol. The lowest BCUT2D eigenvalue weighted by atomic mass is 10.1. The standard InChI is InChI=1S/C15H15F3N2O3/c16-15(17,18)9-23-7-3-6-19-14(22)11-8-20-12-5-2-1-4-10(12)13(11)21/h1-2,4-5,8H,3,6-7,9H2,(H,19,22)(H,20,21). The topological polar surface area (TPSA) is 71.2 Å². The van der Waals surface area contributed by atoms with Crippen LogP contribution in [0, 0.1) is 0 Å². The second-order valence-electron chi connectivity index (χ2n) is 4.85. The minimum absolute atomic E-state index is 0.0418. The van der Waals surface area contributed by atoms with E-state index in [1.54, 1.807) is 24.3 Å². The zero-order valence-electron chi connectivity index (χ0n) is 12.1. The lowest BCUT2D eigenvalue weighted by Crippen LogP contribution is -2.30. The molecule has 0 atom stereocenters. The van der Waals surface area contributed by atoms with Crippen LogP contribution in [0.25, 0.3) is 10.9 Å². The van der Waals surface area contributed by atoms with Crippen LogP contribution in [0.15, 0.2) is 35.3 Å². The van der Waals surface area contributed by atoms with E-state index < -0.39 is 24.1 Å². The number of rotatable bonds is 6. The van der Waals surface area contributed by atoms with E-state index in [9.17, 15) is 22.8 Å². The number of aromatic amines is 1. The molecule has 0 aliphatic carbocycles. The van der Waals surface area contributed by atoms with Crippen LogP contribution in [0.3, 0.4) is 0 Å². The molecule has 0 radical (unpaired) electrons. The summed E-state index contributed by atoms with van der Waals surface area (Å²) in [4.78, 5) is 27.0. The van der Waals surface area contributed by atoms with Crippen molar-refractivity contribution in [2.75, 3.05) is 19.8 Å². The van der Waals surface area contributed by atoms with Crippen molar-refractivity contribution in [3.05, 3.63) is 46.2 Å². The van der Waals surface area contributed by atoms with Gasteiger partial charge >= 0.3 is 6.18 Å².